The van der Waals surface area contributed by atoms with Crippen LogP contribution in [0.1, 0.15) is 108 Å². The number of ether oxygens (including phenoxy) is 1. The first-order valence-corrected chi connectivity index (χ1v) is 20.5. The number of hydrogen-bond donors (Lipinski definition) is 5. The van der Waals surface area contributed by atoms with Gasteiger partial charge < -0.3 is 31.3 Å². The highest BCUT2D eigenvalue weighted by molar-refractivity contribution is 7.89. The van der Waals surface area contributed by atoms with E-state index in [0.717, 1.165) is 19.4 Å². The Labute approximate surface area is 323 Å². The van der Waals surface area contributed by atoms with Gasteiger partial charge in [-0.15, -0.1) is 6.58 Å². The van der Waals surface area contributed by atoms with Gasteiger partial charge in [-0.25, -0.2) is 12.7 Å². The van der Waals surface area contributed by atoms with Crippen LogP contribution < -0.4 is 21.7 Å². The van der Waals surface area contributed by atoms with E-state index in [1.165, 1.54) is 29.6 Å². The van der Waals surface area contributed by atoms with E-state index in [9.17, 15) is 27.6 Å². The minimum absolute atomic E-state index is 0.0419. The molecule has 0 aromatic heterocycles. The zero-order valence-corrected chi connectivity index (χ0v) is 36.8. The van der Waals surface area contributed by atoms with Gasteiger partial charge >= 0.3 is 0 Å². The fraction of sp³-hybridized carbons (Fsp3) is 0.806. The van der Waals surface area contributed by atoms with Crippen molar-refractivity contribution in [3.63, 3.8) is 0 Å². The van der Waals surface area contributed by atoms with Crippen LogP contribution in [0.3, 0.4) is 0 Å². The normalized spacial score (nSPS) is 13.9. The number of primary amides is 1. The summed E-state index contributed by atoms with van der Waals surface area (Å²) in [5, 5.41) is 7.53. The van der Waals surface area contributed by atoms with E-state index in [1.54, 1.807) is 27.3 Å². The first kappa shape index (κ1) is 61.5. The maximum atomic E-state index is 11.7. The molecule has 1 aliphatic rings. The monoisotopic (exact) mass is 787 g/mol. The molecule has 1 rings (SSSR count). The minimum atomic E-state index is -3.07. The van der Waals surface area contributed by atoms with Gasteiger partial charge in [-0.2, -0.15) is 12.6 Å². The number of Topliss-reactive ketones (excluding diaryl/α,β-unsaturated/α-hetero) is 1. The summed E-state index contributed by atoms with van der Waals surface area (Å²) in [7, 11) is 2.07. The average molecular weight is 787 g/mol. The minimum Gasteiger partial charge on any atom is -0.381 e. The Hall–Kier alpha value is -2.53. The molecule has 1 heterocycles. The molecule has 1 saturated heterocycles. The molecule has 0 aromatic rings. The number of nitrogens with one attached hydrogen (secondary N) is 3. The molecular formula is C36H78N6O8S2. The van der Waals surface area contributed by atoms with E-state index in [4.69, 9.17) is 9.53 Å². The van der Waals surface area contributed by atoms with Gasteiger partial charge in [-0.1, -0.05) is 73.8 Å². The number of amides is 4. The number of ketones is 1. The van der Waals surface area contributed by atoms with Crippen LogP contribution in [0.15, 0.2) is 12.7 Å². The third-order valence-electron chi connectivity index (χ3n) is 7.12. The lowest BCUT2D eigenvalue weighted by Crippen LogP contribution is -2.47. The van der Waals surface area contributed by atoms with Crippen molar-refractivity contribution >= 4 is 53.1 Å². The van der Waals surface area contributed by atoms with Crippen LogP contribution >= 0.6 is 12.6 Å². The van der Waals surface area contributed by atoms with E-state index in [2.05, 4.69) is 82.4 Å². The van der Waals surface area contributed by atoms with Crippen molar-refractivity contribution in [1.29, 1.82) is 0 Å². The first-order chi connectivity index (χ1) is 24.3. The number of methoxy groups -OCH3 is 1. The lowest BCUT2D eigenvalue weighted by Gasteiger charge is -2.33. The fourth-order valence-corrected chi connectivity index (χ4v) is 4.79. The molecule has 5 N–H and O–H groups in total. The van der Waals surface area contributed by atoms with Gasteiger partial charge in [-0.3, -0.25) is 24.0 Å². The van der Waals surface area contributed by atoms with Crippen LogP contribution in [0.2, 0.25) is 0 Å². The molecule has 16 heteroatoms. The zero-order chi connectivity index (χ0) is 42.3. The second-order valence-corrected chi connectivity index (χ2v) is 14.5. The predicted octanol–water partition coefficient (Wildman–Crippen LogP) is 3.80. The highest BCUT2D eigenvalue weighted by Crippen LogP contribution is 2.20. The number of carbonyl (C=O) groups excluding carboxylic acids is 5. The van der Waals surface area contributed by atoms with E-state index in [-0.39, 0.29) is 48.7 Å². The van der Waals surface area contributed by atoms with Gasteiger partial charge in [0.25, 0.3) is 5.91 Å². The number of likely N-dealkylation sites (N-methyl/N-ethyl adjacent to an activating group) is 2. The van der Waals surface area contributed by atoms with Crippen LogP contribution in [0.5, 0.6) is 0 Å². The van der Waals surface area contributed by atoms with Crippen molar-refractivity contribution < 1.29 is 37.1 Å². The third-order valence-corrected chi connectivity index (χ3v) is 8.95. The molecule has 52 heavy (non-hydrogen) atoms. The number of hydrogen-bond acceptors (Lipinski definition) is 10. The number of nitrogens with two attached hydrogens (primary N) is 1. The predicted molar refractivity (Wildman–Crippen MR) is 220 cm³/mol. The molecule has 3 atom stereocenters. The number of nitrogens with zero attached hydrogens (tertiary/aromatic N) is 2. The topological polar surface area (TPSA) is 197 Å². The summed E-state index contributed by atoms with van der Waals surface area (Å²) < 4.78 is 29.6. The summed E-state index contributed by atoms with van der Waals surface area (Å²) in [6.07, 6.45) is 10.7. The molecule has 0 saturated carbocycles. The smallest absolute Gasteiger partial charge is 0.289 e. The Bertz CT molecular complexity index is 972. The van der Waals surface area contributed by atoms with Crippen LogP contribution in [0, 0.1) is 5.41 Å². The SMILES string of the molecule is C=CCNC(=O)C(=O)CNC=O.CC.CCCCC.CCS(=O)(=O)N(C)CC(NC)C(C)(C)C.COC(C)CC(=O)N1CCCC1C.CS.NC=O. The summed E-state index contributed by atoms with van der Waals surface area (Å²) in [6, 6.07) is 0.584. The molecule has 0 bridgehead atoms. The molecule has 0 aromatic carbocycles. The summed E-state index contributed by atoms with van der Waals surface area (Å²) >= 11 is 3.53. The fourth-order valence-electron chi connectivity index (χ4n) is 3.97. The van der Waals surface area contributed by atoms with Crippen molar-refractivity contribution in [3.05, 3.63) is 12.7 Å². The largest absolute Gasteiger partial charge is 0.381 e. The maximum Gasteiger partial charge on any atom is 0.289 e. The molecule has 1 fully saturated rings. The molecule has 0 aliphatic carbocycles. The standard InChI is InChI=1S/C10H24N2O2S.C10H19NO2.C7H10N2O3.C5H12.C2H6.CH3NO.CH4S/c1-7-15(13,14)12(6)8-9(11-5)10(2,3)4;1-8-5-4-6-11(8)10(12)7-9(2)13-3;1-2-3-9-7(12)6(11)4-8-5-10;1-3-5-4-2;1-2;2-1-3;1-2/h9,11H,7-8H2,1-6H3;8-9H,4-7H2,1-3H3;2,5H,1,3-4H2,(H,8,10)(H,9,12);3-5H2,1-2H3;1-2H3;1H,(H2,2,3);2H,1H3. The van der Waals surface area contributed by atoms with Crippen molar-refractivity contribution in [2.24, 2.45) is 11.1 Å². The highest BCUT2D eigenvalue weighted by atomic mass is 32.2. The molecule has 1 aliphatic heterocycles. The van der Waals surface area contributed by atoms with Gasteiger partial charge in [-0.05, 0) is 52.3 Å². The molecule has 0 spiro atoms. The Balaban J connectivity index is -0.000000133. The van der Waals surface area contributed by atoms with Gasteiger partial charge in [0.1, 0.15) is 0 Å². The molecular weight excluding hydrogens is 709 g/mol. The van der Waals surface area contributed by atoms with Crippen LogP contribution in [-0.2, 0) is 38.7 Å². The Kier molecular flexibility index (Phi) is 48.8. The number of likely N-dealkylation sites (tertiary alicyclic amines) is 1. The summed E-state index contributed by atoms with van der Waals surface area (Å²) in [4.78, 5) is 53.4. The maximum absolute atomic E-state index is 11.7. The van der Waals surface area contributed by atoms with Crippen molar-refractivity contribution in [3.8, 4) is 0 Å². The van der Waals surface area contributed by atoms with Gasteiger partial charge in [0.15, 0.2) is 0 Å². The van der Waals surface area contributed by atoms with Crippen molar-refractivity contribution in [2.75, 3.05) is 59.4 Å². The van der Waals surface area contributed by atoms with E-state index in [0.29, 0.717) is 25.4 Å². The van der Waals surface area contributed by atoms with Crippen LogP contribution in [0.25, 0.3) is 0 Å². The number of sulfonamides is 1. The van der Waals surface area contributed by atoms with Crippen molar-refractivity contribution in [2.45, 2.75) is 126 Å². The molecule has 14 nitrogen and oxygen atoms in total. The van der Waals surface area contributed by atoms with Crippen LogP contribution in [-0.4, -0.2) is 126 Å². The highest BCUT2D eigenvalue weighted by Gasteiger charge is 2.28. The number of unbranched alkanes of at least 4 members (excludes halogenated alkanes) is 2. The van der Waals surface area contributed by atoms with Gasteiger partial charge in [0.05, 0.1) is 24.8 Å². The number of rotatable bonds is 16. The van der Waals surface area contributed by atoms with Gasteiger partial charge in [0, 0.05) is 45.9 Å². The van der Waals surface area contributed by atoms with E-state index >= 15 is 0 Å². The Morgan fingerprint density at radius 3 is 1.92 bits per heavy atom. The second kappa shape index (κ2) is 41.2. The summed E-state index contributed by atoms with van der Waals surface area (Å²) in [6.45, 7) is 25.2. The summed E-state index contributed by atoms with van der Waals surface area (Å²) in [5.41, 5.74) is 4.21. The third kappa shape index (κ3) is 37.2. The Morgan fingerprint density at radius 2 is 1.62 bits per heavy atom. The van der Waals surface area contributed by atoms with E-state index < -0.39 is 21.7 Å². The molecule has 0 radical (unpaired) electrons. The number of thiol groups is 1. The van der Waals surface area contributed by atoms with E-state index in [1.807, 2.05) is 32.7 Å². The summed E-state index contributed by atoms with van der Waals surface area (Å²) in [5.74, 6) is -1.00. The van der Waals surface area contributed by atoms with Crippen molar-refractivity contribution in [1.82, 2.24) is 25.2 Å². The molecule has 4 amide bonds. The molecule has 3 unspecified atom stereocenters. The van der Waals surface area contributed by atoms with Crippen LogP contribution in [0.4, 0.5) is 0 Å². The Morgan fingerprint density at radius 1 is 1.12 bits per heavy atom. The lowest BCUT2D eigenvalue weighted by atomic mass is 9.87. The zero-order valence-electron chi connectivity index (χ0n) is 35.0. The van der Waals surface area contributed by atoms with Gasteiger partial charge in [0.2, 0.25) is 34.5 Å². The quantitative estimate of drug-likeness (QED) is 0.0669. The lowest BCUT2D eigenvalue weighted by molar-refractivity contribution is -0.137. The number of carbonyl (C=O) groups is 5. The first-order valence-electron chi connectivity index (χ1n) is 18.0. The molecule has 312 valence electrons. The average Bonchev–Trinajstić information content (AvgIpc) is 3.56. The second-order valence-electron chi connectivity index (χ2n) is 12.1.